The highest BCUT2D eigenvalue weighted by Gasteiger charge is 2.70. The Bertz CT molecular complexity index is 1750. The first kappa shape index (κ1) is 42.5. The number of carbonyl (C=O) groups excluding carboxylic acids is 7. The Labute approximate surface area is 323 Å². The number of carbonyl (C=O) groups is 7. The number of piperidine rings is 1. The third kappa shape index (κ3) is 10.3. The Balaban J connectivity index is 1.46. The van der Waals surface area contributed by atoms with Crippen LogP contribution in [0.4, 0.5) is 10.5 Å². The summed E-state index contributed by atoms with van der Waals surface area (Å²) in [6.45, 7) is 13.1. The fourth-order valence-corrected chi connectivity index (χ4v) is 7.31. The number of likely N-dealkylation sites (tertiary alicyclic amines) is 1. The van der Waals surface area contributed by atoms with Crippen LogP contribution in [-0.2, 0) is 28.8 Å². The smallest absolute Gasteiger partial charge is 0.319 e. The van der Waals surface area contributed by atoms with Crippen molar-refractivity contribution in [2.75, 3.05) is 32.5 Å². The van der Waals surface area contributed by atoms with Crippen molar-refractivity contribution in [1.82, 2.24) is 31.1 Å². The topological polar surface area (TPSA) is 186 Å². The van der Waals surface area contributed by atoms with Crippen LogP contribution in [0.15, 0.2) is 54.6 Å². The molecule has 2 fully saturated rings. The van der Waals surface area contributed by atoms with Gasteiger partial charge < -0.3 is 36.4 Å². The molecular formula is C41H57N7O7. The first-order chi connectivity index (χ1) is 25.8. The van der Waals surface area contributed by atoms with Gasteiger partial charge in [-0.25, -0.2) is 4.79 Å². The van der Waals surface area contributed by atoms with Crippen molar-refractivity contribution >= 4 is 47.0 Å². The van der Waals surface area contributed by atoms with E-state index >= 15 is 0 Å². The van der Waals surface area contributed by atoms with Gasteiger partial charge in [-0.3, -0.25) is 28.8 Å². The highest BCUT2D eigenvalue weighted by molar-refractivity contribution is 6.38. The molecule has 5 N–H and O–H groups in total. The van der Waals surface area contributed by atoms with Crippen LogP contribution < -0.4 is 26.6 Å². The van der Waals surface area contributed by atoms with Gasteiger partial charge in [0.05, 0.1) is 12.6 Å². The molecule has 7 amide bonds. The van der Waals surface area contributed by atoms with Gasteiger partial charge in [-0.1, -0.05) is 102 Å². The molecule has 1 heterocycles. The predicted molar refractivity (Wildman–Crippen MR) is 208 cm³/mol. The first-order valence-corrected chi connectivity index (χ1v) is 18.9. The number of ketones is 1. The van der Waals surface area contributed by atoms with E-state index in [2.05, 4.69) is 26.6 Å². The van der Waals surface area contributed by atoms with Gasteiger partial charge in [-0.05, 0) is 53.7 Å². The second-order valence-electron chi connectivity index (χ2n) is 16.5. The molecule has 0 radical (unpaired) electrons. The summed E-state index contributed by atoms with van der Waals surface area (Å²) in [6, 6.07) is 11.2. The molecule has 0 spiro atoms. The lowest BCUT2D eigenvalue weighted by molar-refractivity contribution is -0.145. The molecule has 55 heavy (non-hydrogen) atoms. The maximum atomic E-state index is 14.3. The number of likely N-dealkylation sites (N-methyl/N-ethyl adjacent to an activating group) is 1. The van der Waals surface area contributed by atoms with Crippen molar-refractivity contribution in [1.29, 1.82) is 0 Å². The zero-order chi connectivity index (χ0) is 40.8. The van der Waals surface area contributed by atoms with Crippen LogP contribution in [0.3, 0.4) is 0 Å². The van der Waals surface area contributed by atoms with Crippen molar-refractivity contribution in [2.45, 2.75) is 91.9 Å². The minimum atomic E-state index is -1.21. The van der Waals surface area contributed by atoms with Crippen LogP contribution >= 0.6 is 0 Å². The average Bonchev–Trinajstić information content (AvgIpc) is 3.43. The lowest BCUT2D eigenvalue weighted by Gasteiger charge is -2.38. The summed E-state index contributed by atoms with van der Waals surface area (Å²) in [5.41, 5.74) is 1.17. The van der Waals surface area contributed by atoms with Gasteiger partial charge in [-0.15, -0.1) is 0 Å². The van der Waals surface area contributed by atoms with E-state index in [1.807, 2.05) is 60.6 Å². The van der Waals surface area contributed by atoms with Gasteiger partial charge in [0.1, 0.15) is 18.1 Å². The number of Topliss-reactive ketones (excluding diaryl/α,β-unsaturated/α-hetero) is 1. The third-order valence-electron chi connectivity index (χ3n) is 10.7. The van der Waals surface area contributed by atoms with Gasteiger partial charge in [0.15, 0.2) is 0 Å². The largest absolute Gasteiger partial charge is 0.347 e. The van der Waals surface area contributed by atoms with Crippen LogP contribution in [0.25, 0.3) is 0 Å². The van der Waals surface area contributed by atoms with Crippen molar-refractivity contribution in [2.24, 2.45) is 22.7 Å². The molecule has 14 heteroatoms. The maximum absolute atomic E-state index is 14.3. The molecule has 4 rings (SSSR count). The zero-order valence-corrected chi connectivity index (χ0v) is 33.4. The number of nitrogens with one attached hydrogen (secondary N) is 5. The highest BCUT2D eigenvalue weighted by atomic mass is 16.2. The third-order valence-corrected chi connectivity index (χ3v) is 10.7. The van der Waals surface area contributed by atoms with E-state index in [1.54, 1.807) is 56.6 Å². The number of benzene rings is 2. The zero-order valence-electron chi connectivity index (χ0n) is 33.4. The summed E-state index contributed by atoms with van der Waals surface area (Å²) < 4.78 is 0. The lowest BCUT2D eigenvalue weighted by Crippen LogP contribution is -2.61. The number of anilines is 1. The number of rotatable bonds is 15. The summed E-state index contributed by atoms with van der Waals surface area (Å²) in [4.78, 5) is 97.0. The van der Waals surface area contributed by atoms with Crippen LogP contribution in [0.2, 0.25) is 0 Å². The minimum absolute atomic E-state index is 0.0277. The molecule has 1 aliphatic carbocycles. The summed E-state index contributed by atoms with van der Waals surface area (Å²) in [7, 11) is 3.12. The molecule has 0 bridgehead atoms. The Kier molecular flexibility index (Phi) is 13.5. The summed E-state index contributed by atoms with van der Waals surface area (Å²) in [5.74, 6) is -4.20. The van der Waals surface area contributed by atoms with Crippen LogP contribution in [0.5, 0.6) is 0 Å². The number of amides is 7. The molecule has 1 saturated carbocycles. The van der Waals surface area contributed by atoms with Crippen LogP contribution in [0, 0.1) is 29.6 Å². The van der Waals surface area contributed by atoms with E-state index in [1.165, 1.54) is 9.80 Å². The molecule has 14 nitrogen and oxygen atoms in total. The standard InChI is InChI=1S/C41H57N7O7/c1-10-11-17-28(33(50)36(52)42-22-29(49)45-31(37(53)47(8)9)25-15-13-12-14-16-25)44-35(51)32-30-27(41(30,6)7)23-48(32)38(54)34(40(3,4)5)46-39(55)43-26-20-18-24(2)19-21-26/h12-16,18-21,27-28,30-32,34H,10-11,17,22-23H2,1-9H3,(H,42,52)(H,44,51)(H,45,49)(H2,43,46,55)/t27?,28?,30?,31-,32-,34+/m0/s1. The van der Waals surface area contributed by atoms with Gasteiger partial charge in [-0.2, -0.15) is 0 Å². The van der Waals surface area contributed by atoms with E-state index < -0.39 is 71.6 Å². The first-order valence-electron chi connectivity index (χ1n) is 18.9. The molecule has 2 aromatic carbocycles. The van der Waals surface area contributed by atoms with E-state index in [0.29, 0.717) is 30.6 Å². The van der Waals surface area contributed by atoms with Gasteiger partial charge in [0.2, 0.25) is 29.4 Å². The van der Waals surface area contributed by atoms with E-state index in [0.717, 1.165) is 5.56 Å². The fourth-order valence-electron chi connectivity index (χ4n) is 7.31. The summed E-state index contributed by atoms with van der Waals surface area (Å²) in [5, 5.41) is 13.4. The maximum Gasteiger partial charge on any atom is 0.319 e. The average molecular weight is 760 g/mol. The second-order valence-corrected chi connectivity index (χ2v) is 16.5. The Hall–Kier alpha value is -5.27. The molecule has 3 unspecified atom stereocenters. The number of aryl methyl sites for hydroxylation is 1. The molecule has 0 aromatic heterocycles. The monoisotopic (exact) mass is 759 g/mol. The summed E-state index contributed by atoms with van der Waals surface area (Å²) in [6.07, 6.45) is 1.37. The number of hydrogen-bond acceptors (Lipinski definition) is 7. The molecule has 1 aliphatic heterocycles. The normalized spacial score (nSPS) is 19.8. The number of nitrogens with zero attached hydrogens (tertiary/aromatic N) is 2. The minimum Gasteiger partial charge on any atom is -0.347 e. The lowest BCUT2D eigenvalue weighted by atomic mass is 9.85. The Morgan fingerprint density at radius 2 is 1.55 bits per heavy atom. The van der Waals surface area contributed by atoms with Crippen LogP contribution in [0.1, 0.15) is 78.0 Å². The van der Waals surface area contributed by atoms with Crippen molar-refractivity contribution in [3.8, 4) is 0 Å². The Morgan fingerprint density at radius 1 is 0.909 bits per heavy atom. The molecule has 298 valence electrons. The van der Waals surface area contributed by atoms with Gasteiger partial charge >= 0.3 is 6.03 Å². The van der Waals surface area contributed by atoms with E-state index in [-0.39, 0.29) is 29.6 Å². The number of unbranched alkanes of at least 4 members (excludes halogenated alkanes) is 1. The van der Waals surface area contributed by atoms with Crippen molar-refractivity contribution in [3.05, 3.63) is 65.7 Å². The van der Waals surface area contributed by atoms with E-state index in [4.69, 9.17) is 0 Å². The predicted octanol–water partition coefficient (Wildman–Crippen LogP) is 3.32. The molecule has 6 atom stereocenters. The molecule has 2 aromatic rings. The fraction of sp³-hybridized carbons (Fsp3) is 0.537. The quantitative estimate of drug-likeness (QED) is 0.173. The van der Waals surface area contributed by atoms with E-state index in [9.17, 15) is 33.6 Å². The van der Waals surface area contributed by atoms with Gasteiger partial charge in [0.25, 0.3) is 5.91 Å². The van der Waals surface area contributed by atoms with Crippen molar-refractivity contribution < 1.29 is 33.6 Å². The Morgan fingerprint density at radius 3 is 2.13 bits per heavy atom. The van der Waals surface area contributed by atoms with Crippen LogP contribution in [-0.4, -0.2) is 96.5 Å². The second kappa shape index (κ2) is 17.5. The number of hydrogen-bond donors (Lipinski definition) is 5. The molecule has 2 aliphatic rings. The number of urea groups is 1. The van der Waals surface area contributed by atoms with Gasteiger partial charge in [0, 0.05) is 26.3 Å². The van der Waals surface area contributed by atoms with Crippen molar-refractivity contribution in [3.63, 3.8) is 0 Å². The number of fused-ring (bicyclic) bond motifs is 1. The summed E-state index contributed by atoms with van der Waals surface area (Å²) >= 11 is 0. The highest BCUT2D eigenvalue weighted by Crippen LogP contribution is 2.65. The SMILES string of the molecule is CCCCC(NC(=O)[C@@H]1C2C(CN1C(=O)[C@@H](NC(=O)Nc1ccc(C)cc1)C(C)(C)C)C2(C)C)C(=O)C(=O)NCC(=O)N[C@H](C(=O)N(C)C)c1ccccc1. The molecule has 1 saturated heterocycles. The molecular weight excluding hydrogens is 702 g/mol.